The Morgan fingerprint density at radius 3 is 2.44 bits per heavy atom. The van der Waals surface area contributed by atoms with E-state index in [0.717, 1.165) is 39.0 Å². The fraction of sp³-hybridized carbons (Fsp3) is 0.971. The van der Waals surface area contributed by atoms with Crippen molar-refractivity contribution >= 4 is 6.09 Å². The van der Waals surface area contributed by atoms with Gasteiger partial charge in [-0.1, -0.05) is 48.5 Å². The van der Waals surface area contributed by atoms with Crippen molar-refractivity contribution in [2.75, 3.05) is 19.7 Å². The number of nitrogens with one attached hydrogen (secondary N) is 1. The van der Waals surface area contributed by atoms with Gasteiger partial charge in [-0.15, -0.1) is 0 Å². The van der Waals surface area contributed by atoms with Crippen molar-refractivity contribution in [3.63, 3.8) is 0 Å². The van der Waals surface area contributed by atoms with E-state index < -0.39 is 18.3 Å². The summed E-state index contributed by atoms with van der Waals surface area (Å²) in [5, 5.41) is 15.9. The number of aliphatic hydroxyl groups is 1. The van der Waals surface area contributed by atoms with Crippen LogP contribution in [0, 0.1) is 56.7 Å². The summed E-state index contributed by atoms with van der Waals surface area (Å²) in [5.41, 5.74) is 6.03. The van der Waals surface area contributed by atoms with Crippen LogP contribution in [-0.4, -0.2) is 67.7 Å². The summed E-state index contributed by atoms with van der Waals surface area (Å²) >= 11 is 0. The maximum absolute atomic E-state index is 12.5. The number of fused-ring (bicyclic) bond motifs is 4. The molecule has 2 saturated heterocycles. The average Bonchev–Trinajstić information content (AvgIpc) is 3.58. The highest BCUT2D eigenvalue weighted by molar-refractivity contribution is 5.64. The Morgan fingerprint density at radius 2 is 1.77 bits per heavy atom. The van der Waals surface area contributed by atoms with Gasteiger partial charge in [0.15, 0.2) is 6.29 Å². The van der Waals surface area contributed by atoms with Crippen LogP contribution in [0.1, 0.15) is 99.8 Å². The topological polar surface area (TPSA) is 112 Å². The van der Waals surface area contributed by atoms with Crippen LogP contribution in [0.3, 0.4) is 0 Å². The lowest BCUT2D eigenvalue weighted by Crippen LogP contribution is -2.60. The summed E-state index contributed by atoms with van der Waals surface area (Å²) in [6.45, 7) is 18.7. The molecule has 0 aromatic heterocycles. The zero-order valence-electron chi connectivity index (χ0n) is 27.7. The van der Waals surface area contributed by atoms with E-state index in [1.807, 2.05) is 0 Å². The molecule has 7 fully saturated rings. The number of aliphatic hydroxyl groups excluding tert-OH is 1. The van der Waals surface area contributed by atoms with E-state index >= 15 is 0 Å². The molecular formula is C35H58N2O6. The molecule has 7 aliphatic rings. The summed E-state index contributed by atoms with van der Waals surface area (Å²) in [6, 6.07) is 0. The largest absolute Gasteiger partial charge is 0.443 e. The number of carbonyl (C=O) groups is 1. The summed E-state index contributed by atoms with van der Waals surface area (Å²) in [7, 11) is 0. The molecule has 2 spiro atoms. The van der Waals surface area contributed by atoms with Crippen LogP contribution in [0.2, 0.25) is 0 Å². The highest BCUT2D eigenvalue weighted by Crippen LogP contribution is 2.89. The van der Waals surface area contributed by atoms with Crippen LogP contribution in [0.4, 0.5) is 4.79 Å². The molecule has 1 unspecified atom stereocenters. The number of morpholine rings is 1. The number of hydrogen-bond donors (Lipinski definition) is 3. The molecule has 0 aromatic carbocycles. The molecule has 0 aromatic rings. The minimum atomic E-state index is -0.750. The molecular weight excluding hydrogens is 544 g/mol. The van der Waals surface area contributed by atoms with Crippen molar-refractivity contribution in [1.82, 2.24) is 5.32 Å². The monoisotopic (exact) mass is 602 g/mol. The van der Waals surface area contributed by atoms with Gasteiger partial charge in [-0.2, -0.15) is 0 Å². The van der Waals surface area contributed by atoms with Crippen molar-refractivity contribution in [3.8, 4) is 0 Å². The summed E-state index contributed by atoms with van der Waals surface area (Å²) in [6.07, 6.45) is 7.15. The first-order valence-electron chi connectivity index (χ1n) is 17.5. The van der Waals surface area contributed by atoms with E-state index in [1.165, 1.54) is 32.1 Å². The number of carbonyl (C=O) groups excluding carboxylic acids is 1. The number of ether oxygens (including phenoxy) is 4. The average molecular weight is 603 g/mol. The summed E-state index contributed by atoms with van der Waals surface area (Å²) < 4.78 is 25.1. The van der Waals surface area contributed by atoms with Crippen LogP contribution >= 0.6 is 0 Å². The minimum absolute atomic E-state index is 0.00697. The van der Waals surface area contributed by atoms with E-state index in [0.29, 0.717) is 34.5 Å². The Labute approximate surface area is 258 Å². The Bertz CT molecular complexity index is 1110. The number of primary amides is 1. The third-order valence-electron chi connectivity index (χ3n) is 15.3. The smallest absolute Gasteiger partial charge is 0.404 e. The molecule has 0 radical (unpaired) electrons. The van der Waals surface area contributed by atoms with Gasteiger partial charge in [-0.25, -0.2) is 4.79 Å². The van der Waals surface area contributed by atoms with Gasteiger partial charge >= 0.3 is 6.09 Å². The van der Waals surface area contributed by atoms with Gasteiger partial charge in [0, 0.05) is 18.5 Å². The van der Waals surface area contributed by atoms with Gasteiger partial charge in [-0.05, 0) is 103 Å². The third kappa shape index (κ3) is 4.01. The summed E-state index contributed by atoms with van der Waals surface area (Å²) in [5.74, 6) is 1.87. The SMILES string of the molecule is CC(C)[C@@H](OC(N)=O)[C@H]1C[C@@H](C)[C@H]2[C@H](O1)[C@H](O)[C@@]1(C)[C@@H]3CC[C@H]4C(C)(C)[C@@H](O[C@H]5CNCCO5)CC[C@@]45CC35CC[C@]21C. The second kappa shape index (κ2) is 10.0. The molecule has 2 heterocycles. The lowest BCUT2D eigenvalue weighted by molar-refractivity contribution is -0.237. The van der Waals surface area contributed by atoms with E-state index in [2.05, 4.69) is 53.8 Å². The zero-order valence-corrected chi connectivity index (χ0v) is 27.7. The Balaban J connectivity index is 1.16. The maximum atomic E-state index is 12.5. The molecule has 5 aliphatic carbocycles. The first-order valence-corrected chi connectivity index (χ1v) is 17.5. The first-order chi connectivity index (χ1) is 20.2. The second-order valence-electron chi connectivity index (χ2n) is 17.3. The van der Waals surface area contributed by atoms with Gasteiger partial charge in [0.2, 0.25) is 0 Å². The van der Waals surface area contributed by atoms with Gasteiger partial charge in [0.05, 0.1) is 31.0 Å². The predicted octanol–water partition coefficient (Wildman–Crippen LogP) is 5.25. The standard InChI is InChI=1S/C35H58N2O6/c1-19(2)27(43-30(36)39)21-16-20(3)26-28(41-21)29(38)33(7)23-9-8-22-31(4,5)24(42-25-17-37-14-15-40-25)10-11-34(22)18-35(23,34)13-12-32(26,33)6/h19-29,37-38H,8-18H2,1-7H3,(H2,36,39)/t20-,21-,22+,23+,24+,25+,26+,27-,28+,29+,32-,33-,34-,35?/m1/s1. The number of hydrogen-bond acceptors (Lipinski definition) is 7. The zero-order chi connectivity index (χ0) is 30.7. The van der Waals surface area contributed by atoms with Crippen LogP contribution in [0.5, 0.6) is 0 Å². The van der Waals surface area contributed by atoms with Crippen molar-refractivity contribution < 1.29 is 28.8 Å². The highest BCUT2D eigenvalue weighted by atomic mass is 16.7. The van der Waals surface area contributed by atoms with E-state index in [9.17, 15) is 9.90 Å². The molecule has 4 N–H and O–H groups in total. The number of amides is 1. The first kappa shape index (κ1) is 30.7. The van der Waals surface area contributed by atoms with Crippen molar-refractivity contribution in [2.45, 2.75) is 137 Å². The van der Waals surface area contributed by atoms with Gasteiger partial charge < -0.3 is 35.1 Å². The van der Waals surface area contributed by atoms with E-state index in [-0.39, 0.29) is 46.8 Å². The molecule has 14 atom stereocenters. The van der Waals surface area contributed by atoms with Crippen molar-refractivity contribution in [1.29, 1.82) is 0 Å². The molecule has 8 heteroatoms. The second-order valence-corrected chi connectivity index (χ2v) is 17.3. The van der Waals surface area contributed by atoms with Crippen molar-refractivity contribution in [2.24, 2.45) is 62.4 Å². The predicted molar refractivity (Wildman–Crippen MR) is 163 cm³/mol. The molecule has 5 saturated carbocycles. The molecule has 244 valence electrons. The molecule has 7 rings (SSSR count). The van der Waals surface area contributed by atoms with Crippen LogP contribution in [0.15, 0.2) is 0 Å². The van der Waals surface area contributed by atoms with Gasteiger partial charge in [-0.3, -0.25) is 0 Å². The molecule has 1 amide bonds. The van der Waals surface area contributed by atoms with Gasteiger partial charge in [0.1, 0.15) is 6.10 Å². The fourth-order valence-electron chi connectivity index (χ4n) is 13.4. The molecule has 43 heavy (non-hydrogen) atoms. The van der Waals surface area contributed by atoms with E-state index in [4.69, 9.17) is 24.7 Å². The Kier molecular flexibility index (Phi) is 7.17. The van der Waals surface area contributed by atoms with Crippen molar-refractivity contribution in [3.05, 3.63) is 0 Å². The Hall–Kier alpha value is -0.930. The molecule has 2 aliphatic heterocycles. The van der Waals surface area contributed by atoms with Crippen LogP contribution < -0.4 is 11.1 Å². The Morgan fingerprint density at radius 1 is 1.05 bits per heavy atom. The van der Waals surface area contributed by atoms with E-state index in [1.54, 1.807) is 0 Å². The van der Waals surface area contributed by atoms with Crippen LogP contribution in [0.25, 0.3) is 0 Å². The maximum Gasteiger partial charge on any atom is 0.404 e. The van der Waals surface area contributed by atoms with Gasteiger partial charge in [0.25, 0.3) is 0 Å². The quantitative estimate of drug-likeness (QED) is 0.394. The number of nitrogens with two attached hydrogens (primary N) is 1. The summed E-state index contributed by atoms with van der Waals surface area (Å²) in [4.78, 5) is 11.8. The lowest BCUT2D eigenvalue weighted by Gasteiger charge is -2.63. The number of rotatable bonds is 5. The highest BCUT2D eigenvalue weighted by Gasteiger charge is 2.84. The third-order valence-corrected chi connectivity index (χ3v) is 15.3. The van der Waals surface area contributed by atoms with Crippen LogP contribution in [-0.2, 0) is 18.9 Å². The molecule has 0 bridgehead atoms. The fourth-order valence-corrected chi connectivity index (χ4v) is 13.4. The minimum Gasteiger partial charge on any atom is -0.443 e. The normalized spacial score (nSPS) is 53.9. The molecule has 8 nitrogen and oxygen atoms in total. The lowest BCUT2D eigenvalue weighted by atomic mass is 9.41.